The Hall–Kier alpha value is -1.22. The molecule has 1 fully saturated rings. The van der Waals surface area contributed by atoms with Crippen LogP contribution in [-0.2, 0) is 9.53 Å². The van der Waals surface area contributed by atoms with Gasteiger partial charge in [0.2, 0.25) is 4.91 Å². The van der Waals surface area contributed by atoms with E-state index in [0.29, 0.717) is 13.0 Å². The van der Waals surface area contributed by atoms with Crippen molar-refractivity contribution in [1.82, 2.24) is 4.91 Å². The lowest BCUT2D eigenvalue weighted by atomic mass is 10.2. The van der Waals surface area contributed by atoms with E-state index in [1.54, 1.807) is 0 Å². The maximum atomic E-state index is 10.5. The number of carbonyl (C=O) groups is 1. The predicted molar refractivity (Wildman–Crippen MR) is 37.0 cm³/mol. The second kappa shape index (κ2) is 6.89. The van der Waals surface area contributed by atoms with Crippen LogP contribution in [0.4, 0.5) is 0 Å². The minimum Gasteiger partial charge on any atom is -0.466 e. The molecule has 0 spiro atoms. The molecule has 0 aromatic carbocycles. The SMILES string of the molecule is N=[N+]=N.O=C1CCCCCO1. The molecule has 62 valence electrons. The number of nitrogens with zero attached hydrogens (tertiary/aromatic N) is 1. The summed E-state index contributed by atoms with van der Waals surface area (Å²) in [6.45, 7) is 0.638. The zero-order valence-electron chi connectivity index (χ0n) is 6.30. The highest BCUT2D eigenvalue weighted by Crippen LogP contribution is 2.06. The van der Waals surface area contributed by atoms with Gasteiger partial charge < -0.3 is 4.74 Å². The highest BCUT2D eigenvalue weighted by molar-refractivity contribution is 5.69. The minimum absolute atomic E-state index is 0.0255. The van der Waals surface area contributed by atoms with E-state index in [1.165, 1.54) is 0 Å². The van der Waals surface area contributed by atoms with Gasteiger partial charge in [-0.2, -0.15) is 0 Å². The van der Waals surface area contributed by atoms with Gasteiger partial charge in [0.05, 0.1) is 6.61 Å². The van der Waals surface area contributed by atoms with Gasteiger partial charge in [0.1, 0.15) is 11.1 Å². The Labute approximate surface area is 64.8 Å². The number of esters is 1. The number of hydrogen-bond donors (Lipinski definition) is 2. The summed E-state index contributed by atoms with van der Waals surface area (Å²) in [5.74, 6) is -0.0255. The lowest BCUT2D eigenvalue weighted by Crippen LogP contribution is -2.00. The predicted octanol–water partition coefficient (Wildman–Crippen LogP) is 1.22. The monoisotopic (exact) mass is 158 g/mol. The first kappa shape index (κ1) is 9.78. The highest BCUT2D eigenvalue weighted by Gasteiger charge is 2.05. The van der Waals surface area contributed by atoms with E-state index >= 15 is 0 Å². The van der Waals surface area contributed by atoms with Crippen LogP contribution in [0.15, 0.2) is 0 Å². The van der Waals surface area contributed by atoms with E-state index in [0.717, 1.165) is 19.3 Å². The first-order valence-corrected chi connectivity index (χ1v) is 3.50. The smallest absolute Gasteiger partial charge is 0.305 e. The number of hydrogen-bond acceptors (Lipinski definition) is 4. The van der Waals surface area contributed by atoms with Crippen molar-refractivity contribution in [1.29, 1.82) is 11.1 Å². The first-order valence-electron chi connectivity index (χ1n) is 3.50. The molecule has 1 aliphatic rings. The summed E-state index contributed by atoms with van der Waals surface area (Å²) in [7, 11) is 0. The van der Waals surface area contributed by atoms with Crippen LogP contribution < -0.4 is 4.91 Å². The Morgan fingerprint density at radius 3 is 2.55 bits per heavy atom. The van der Waals surface area contributed by atoms with Crippen molar-refractivity contribution >= 4 is 5.97 Å². The molecule has 1 aliphatic heterocycles. The van der Waals surface area contributed by atoms with E-state index in [9.17, 15) is 4.79 Å². The summed E-state index contributed by atoms with van der Waals surface area (Å²) in [6, 6.07) is 0. The summed E-state index contributed by atoms with van der Waals surface area (Å²) in [6.07, 6.45) is 3.83. The average molecular weight is 158 g/mol. The third-order valence-corrected chi connectivity index (χ3v) is 1.29. The van der Waals surface area contributed by atoms with Crippen LogP contribution in [0.25, 0.3) is 0 Å². The van der Waals surface area contributed by atoms with Crippen molar-refractivity contribution in [2.24, 2.45) is 0 Å². The van der Waals surface area contributed by atoms with Crippen LogP contribution in [0, 0.1) is 11.1 Å². The Bertz CT molecular complexity index is 142. The van der Waals surface area contributed by atoms with E-state index < -0.39 is 0 Å². The van der Waals surface area contributed by atoms with Crippen molar-refractivity contribution < 1.29 is 9.53 Å². The fourth-order valence-corrected chi connectivity index (χ4v) is 0.806. The molecule has 0 saturated carbocycles. The second-order valence-electron chi connectivity index (χ2n) is 2.14. The Kier molecular flexibility index (Phi) is 6.13. The van der Waals surface area contributed by atoms with Crippen LogP contribution in [0.1, 0.15) is 25.7 Å². The Morgan fingerprint density at radius 1 is 1.27 bits per heavy atom. The lowest BCUT2D eigenvalue weighted by Gasteiger charge is -1.93. The molecule has 0 amide bonds. The van der Waals surface area contributed by atoms with Crippen molar-refractivity contribution in [2.75, 3.05) is 6.61 Å². The van der Waals surface area contributed by atoms with Gasteiger partial charge in [-0.05, 0) is 19.3 Å². The van der Waals surface area contributed by atoms with E-state index in [2.05, 4.69) is 0 Å². The van der Waals surface area contributed by atoms with Gasteiger partial charge in [-0.3, -0.25) is 4.79 Å². The Morgan fingerprint density at radius 2 is 1.91 bits per heavy atom. The molecular formula is C6H12N3O2+. The third-order valence-electron chi connectivity index (χ3n) is 1.29. The van der Waals surface area contributed by atoms with Crippen molar-refractivity contribution in [3.05, 3.63) is 0 Å². The molecule has 1 heterocycles. The molecule has 0 aromatic rings. The molecule has 5 nitrogen and oxygen atoms in total. The fraction of sp³-hybridized carbons (Fsp3) is 0.833. The Balaban J connectivity index is 0.000000292. The van der Waals surface area contributed by atoms with Crippen LogP contribution >= 0.6 is 0 Å². The maximum absolute atomic E-state index is 10.5. The van der Waals surface area contributed by atoms with Crippen molar-refractivity contribution in [3.8, 4) is 0 Å². The van der Waals surface area contributed by atoms with Gasteiger partial charge in [0.25, 0.3) is 0 Å². The van der Waals surface area contributed by atoms with E-state index in [-0.39, 0.29) is 5.97 Å². The summed E-state index contributed by atoms with van der Waals surface area (Å²) in [5, 5.41) is 0. The van der Waals surface area contributed by atoms with Crippen LogP contribution in [0.3, 0.4) is 0 Å². The largest absolute Gasteiger partial charge is 0.466 e. The van der Waals surface area contributed by atoms with Gasteiger partial charge in [0, 0.05) is 6.42 Å². The summed E-state index contributed by atoms with van der Waals surface area (Å²) < 4.78 is 4.76. The van der Waals surface area contributed by atoms with E-state index in [4.69, 9.17) is 15.8 Å². The molecule has 0 bridgehead atoms. The third kappa shape index (κ3) is 6.67. The molecule has 0 aromatic heterocycles. The van der Waals surface area contributed by atoms with Crippen molar-refractivity contribution in [2.45, 2.75) is 25.7 Å². The molecule has 0 unspecified atom stereocenters. The summed E-state index contributed by atoms with van der Waals surface area (Å²) >= 11 is 0. The number of cyclic esters (lactones) is 1. The van der Waals surface area contributed by atoms with E-state index in [1.807, 2.05) is 4.91 Å². The average Bonchev–Trinajstić information content (AvgIpc) is 2.18. The van der Waals surface area contributed by atoms with Crippen LogP contribution in [-0.4, -0.2) is 12.6 Å². The van der Waals surface area contributed by atoms with Crippen LogP contribution in [0.5, 0.6) is 0 Å². The fourth-order valence-electron chi connectivity index (χ4n) is 0.806. The molecule has 2 N–H and O–H groups in total. The normalized spacial score (nSPS) is 16.5. The molecule has 11 heavy (non-hydrogen) atoms. The molecular weight excluding hydrogens is 146 g/mol. The molecule has 5 heteroatoms. The van der Waals surface area contributed by atoms with Crippen molar-refractivity contribution in [3.63, 3.8) is 0 Å². The zero-order chi connectivity index (χ0) is 8.53. The van der Waals surface area contributed by atoms with Crippen LogP contribution in [0.2, 0.25) is 0 Å². The lowest BCUT2D eigenvalue weighted by molar-refractivity contribution is -0.142. The quantitative estimate of drug-likeness (QED) is 0.315. The molecule has 0 atom stereocenters. The number of nitrogens with one attached hydrogen (secondary N) is 2. The zero-order valence-corrected chi connectivity index (χ0v) is 6.30. The van der Waals surface area contributed by atoms with Gasteiger partial charge in [0.15, 0.2) is 0 Å². The molecule has 0 aliphatic carbocycles. The topological polar surface area (TPSA) is 88.1 Å². The molecule has 0 radical (unpaired) electrons. The highest BCUT2D eigenvalue weighted by atomic mass is 16.5. The number of rotatable bonds is 0. The van der Waals surface area contributed by atoms with Gasteiger partial charge in [-0.1, -0.05) is 0 Å². The maximum Gasteiger partial charge on any atom is 0.305 e. The first-order chi connectivity index (χ1) is 5.31. The number of carbonyl (C=O) groups excluding carboxylic acids is 1. The summed E-state index contributed by atoms with van der Waals surface area (Å²) in [4.78, 5) is 12.5. The molecule has 1 rings (SSSR count). The summed E-state index contributed by atoms with van der Waals surface area (Å²) in [5.41, 5.74) is 11.0. The van der Waals surface area contributed by atoms with Gasteiger partial charge >= 0.3 is 5.97 Å². The van der Waals surface area contributed by atoms with Gasteiger partial charge in [-0.15, -0.1) is 0 Å². The standard InChI is InChI=1S/C6H10O2.H2N3/c7-6-4-2-1-3-5-8-6;1-3-2/h1-5H2;1-2H/q;+1. The molecule has 1 saturated heterocycles. The minimum atomic E-state index is -0.0255. The van der Waals surface area contributed by atoms with Gasteiger partial charge in [-0.25, -0.2) is 0 Å². The second-order valence-corrected chi connectivity index (χ2v) is 2.14. The number of ether oxygens (including phenoxy) is 1.